The van der Waals surface area contributed by atoms with Crippen LogP contribution in [0, 0.1) is 4.91 Å². The second-order valence-electron chi connectivity index (χ2n) is 3.36. The Hall–Kier alpha value is -0.480. The summed E-state index contributed by atoms with van der Waals surface area (Å²) in [6.45, 7) is 1.69. The molecule has 0 aromatic rings. The van der Waals surface area contributed by atoms with Crippen molar-refractivity contribution in [1.82, 2.24) is 4.90 Å². The molecule has 0 aromatic carbocycles. The third-order valence-electron chi connectivity index (χ3n) is 2.51. The summed E-state index contributed by atoms with van der Waals surface area (Å²) in [7, 11) is 3.76. The number of likely N-dealkylation sites (N-methyl/N-ethyl adjacent to an activating group) is 1. The van der Waals surface area contributed by atoms with E-state index in [9.17, 15) is 4.91 Å². The minimum atomic E-state index is 0.0694. The van der Waals surface area contributed by atoms with Crippen molar-refractivity contribution in [3.8, 4) is 0 Å². The molecule has 0 aliphatic heterocycles. The van der Waals surface area contributed by atoms with Gasteiger partial charge in [-0.05, 0) is 19.9 Å². The first-order valence-corrected chi connectivity index (χ1v) is 4.29. The quantitative estimate of drug-likeness (QED) is 0.578. The summed E-state index contributed by atoms with van der Waals surface area (Å²) < 4.78 is 4.96. The highest BCUT2D eigenvalue weighted by atomic mass is 16.5. The molecule has 1 fully saturated rings. The van der Waals surface area contributed by atoms with E-state index in [4.69, 9.17) is 4.74 Å². The molecule has 1 aliphatic carbocycles. The van der Waals surface area contributed by atoms with Crippen LogP contribution in [0.25, 0.3) is 0 Å². The van der Waals surface area contributed by atoms with Gasteiger partial charge in [-0.3, -0.25) is 0 Å². The number of hydrogen-bond acceptors (Lipinski definition) is 4. The van der Waals surface area contributed by atoms with Gasteiger partial charge in [0.05, 0.1) is 12.6 Å². The fourth-order valence-electron chi connectivity index (χ4n) is 1.42. The van der Waals surface area contributed by atoms with Gasteiger partial charge >= 0.3 is 0 Å². The van der Waals surface area contributed by atoms with E-state index < -0.39 is 0 Å². The molecule has 1 saturated carbocycles. The van der Waals surface area contributed by atoms with Crippen LogP contribution in [0.5, 0.6) is 0 Å². The Bertz CT molecular complexity index is 146. The molecule has 0 saturated heterocycles. The van der Waals surface area contributed by atoms with Gasteiger partial charge in [-0.2, -0.15) is 4.91 Å². The second kappa shape index (κ2) is 4.52. The Labute approximate surface area is 72.9 Å². The van der Waals surface area contributed by atoms with Gasteiger partial charge in [0.2, 0.25) is 0 Å². The molecule has 12 heavy (non-hydrogen) atoms. The molecule has 0 aromatic heterocycles. The largest absolute Gasteiger partial charge is 0.383 e. The molecule has 1 rings (SSSR count). The SMILES string of the molecule is COCCN(C)C1CC(N=O)C1. The van der Waals surface area contributed by atoms with Gasteiger partial charge in [0, 0.05) is 19.7 Å². The zero-order valence-electron chi connectivity index (χ0n) is 7.69. The van der Waals surface area contributed by atoms with Gasteiger partial charge in [0.15, 0.2) is 0 Å². The summed E-state index contributed by atoms with van der Waals surface area (Å²) in [5.74, 6) is 0. The predicted molar refractivity (Wildman–Crippen MR) is 47.1 cm³/mol. The first-order chi connectivity index (χ1) is 5.77. The minimum Gasteiger partial charge on any atom is -0.383 e. The number of methoxy groups -OCH3 is 1. The Morgan fingerprint density at radius 3 is 2.75 bits per heavy atom. The number of ether oxygens (including phenoxy) is 1. The van der Waals surface area contributed by atoms with Crippen LogP contribution in [0.4, 0.5) is 0 Å². The highest BCUT2D eigenvalue weighted by Gasteiger charge is 2.32. The van der Waals surface area contributed by atoms with Crippen molar-refractivity contribution >= 4 is 0 Å². The lowest BCUT2D eigenvalue weighted by Gasteiger charge is -2.37. The first-order valence-electron chi connectivity index (χ1n) is 4.29. The third-order valence-corrected chi connectivity index (χ3v) is 2.51. The lowest BCUT2D eigenvalue weighted by molar-refractivity contribution is 0.0964. The Balaban J connectivity index is 2.10. The maximum absolute atomic E-state index is 10.1. The Morgan fingerprint density at radius 2 is 2.25 bits per heavy atom. The van der Waals surface area contributed by atoms with Gasteiger partial charge in [0.1, 0.15) is 0 Å². The molecule has 0 radical (unpaired) electrons. The average Bonchev–Trinajstić information content (AvgIpc) is 1.99. The van der Waals surface area contributed by atoms with Crippen LogP contribution in [0.1, 0.15) is 12.8 Å². The van der Waals surface area contributed by atoms with Crippen molar-refractivity contribution in [2.45, 2.75) is 24.9 Å². The summed E-state index contributed by atoms with van der Waals surface area (Å²) in [5, 5.41) is 3.00. The fourth-order valence-corrected chi connectivity index (χ4v) is 1.42. The van der Waals surface area contributed by atoms with Crippen molar-refractivity contribution < 1.29 is 4.74 Å². The van der Waals surface area contributed by atoms with E-state index in [2.05, 4.69) is 17.1 Å². The molecule has 70 valence electrons. The Kier molecular flexibility index (Phi) is 3.62. The summed E-state index contributed by atoms with van der Waals surface area (Å²) in [5.41, 5.74) is 0. The van der Waals surface area contributed by atoms with E-state index >= 15 is 0 Å². The standard InChI is InChI=1S/C8H16N2O2/c1-10(3-4-12-2)8-5-7(6-8)9-11/h7-8H,3-6H2,1-2H3. The van der Waals surface area contributed by atoms with Crippen LogP contribution in [0.3, 0.4) is 0 Å². The molecule has 0 unspecified atom stereocenters. The summed E-state index contributed by atoms with van der Waals surface area (Å²) in [4.78, 5) is 12.3. The monoisotopic (exact) mass is 172 g/mol. The van der Waals surface area contributed by atoms with Crippen LogP contribution in [0.2, 0.25) is 0 Å². The summed E-state index contributed by atoms with van der Waals surface area (Å²) in [6, 6.07) is 0.614. The maximum atomic E-state index is 10.1. The van der Waals surface area contributed by atoms with Crippen LogP contribution < -0.4 is 0 Å². The van der Waals surface area contributed by atoms with Crippen molar-refractivity contribution in [3.05, 3.63) is 4.91 Å². The molecule has 1 aliphatic rings. The van der Waals surface area contributed by atoms with Crippen molar-refractivity contribution in [2.75, 3.05) is 27.3 Å². The second-order valence-corrected chi connectivity index (χ2v) is 3.36. The Morgan fingerprint density at radius 1 is 1.58 bits per heavy atom. The van der Waals surface area contributed by atoms with Crippen molar-refractivity contribution in [1.29, 1.82) is 0 Å². The number of rotatable bonds is 5. The highest BCUT2D eigenvalue weighted by Crippen LogP contribution is 2.26. The van der Waals surface area contributed by atoms with Gasteiger partial charge in [0.25, 0.3) is 0 Å². The topological polar surface area (TPSA) is 41.9 Å². The lowest BCUT2D eigenvalue weighted by atomic mass is 9.86. The molecular weight excluding hydrogens is 156 g/mol. The van der Waals surface area contributed by atoms with Gasteiger partial charge in [-0.25, -0.2) is 0 Å². The molecule has 0 atom stereocenters. The molecule has 0 amide bonds. The van der Waals surface area contributed by atoms with Crippen LogP contribution >= 0.6 is 0 Å². The summed E-state index contributed by atoms with van der Waals surface area (Å²) in [6.07, 6.45) is 1.84. The smallest absolute Gasteiger partial charge is 0.0949 e. The fraction of sp³-hybridized carbons (Fsp3) is 1.00. The van der Waals surface area contributed by atoms with Crippen LogP contribution in [0.15, 0.2) is 5.18 Å². The molecule has 0 spiro atoms. The third kappa shape index (κ3) is 2.25. The average molecular weight is 172 g/mol. The van der Waals surface area contributed by atoms with E-state index in [0.29, 0.717) is 6.04 Å². The van der Waals surface area contributed by atoms with E-state index in [-0.39, 0.29) is 6.04 Å². The number of nitroso groups, excluding NO2 is 1. The zero-order chi connectivity index (χ0) is 8.97. The molecule has 4 nitrogen and oxygen atoms in total. The maximum Gasteiger partial charge on any atom is 0.0949 e. The normalized spacial score (nSPS) is 28.6. The zero-order valence-corrected chi connectivity index (χ0v) is 7.69. The van der Waals surface area contributed by atoms with Gasteiger partial charge in [-0.1, -0.05) is 5.18 Å². The van der Waals surface area contributed by atoms with Crippen LogP contribution in [-0.4, -0.2) is 44.3 Å². The van der Waals surface area contributed by atoms with E-state index in [1.54, 1.807) is 7.11 Å². The van der Waals surface area contributed by atoms with E-state index in [0.717, 1.165) is 26.0 Å². The first kappa shape index (κ1) is 9.61. The van der Waals surface area contributed by atoms with Crippen molar-refractivity contribution in [3.63, 3.8) is 0 Å². The van der Waals surface area contributed by atoms with Gasteiger partial charge in [-0.15, -0.1) is 0 Å². The van der Waals surface area contributed by atoms with Gasteiger partial charge < -0.3 is 9.64 Å². The molecular formula is C8H16N2O2. The summed E-state index contributed by atoms with van der Waals surface area (Å²) >= 11 is 0. The molecule has 0 N–H and O–H groups in total. The highest BCUT2D eigenvalue weighted by molar-refractivity contribution is 4.90. The molecule has 0 bridgehead atoms. The van der Waals surface area contributed by atoms with E-state index in [1.807, 2.05) is 0 Å². The predicted octanol–water partition coefficient (Wildman–Crippen LogP) is 0.862. The minimum absolute atomic E-state index is 0.0694. The number of hydrogen-bond donors (Lipinski definition) is 0. The van der Waals surface area contributed by atoms with E-state index in [1.165, 1.54) is 0 Å². The number of nitrogens with zero attached hydrogens (tertiary/aromatic N) is 2. The molecule has 0 heterocycles. The molecule has 4 heteroatoms. The van der Waals surface area contributed by atoms with Crippen LogP contribution in [-0.2, 0) is 4.74 Å². The van der Waals surface area contributed by atoms with Crippen molar-refractivity contribution in [2.24, 2.45) is 5.18 Å². The lowest BCUT2D eigenvalue weighted by Crippen LogP contribution is -2.45.